The van der Waals surface area contributed by atoms with Crippen LogP contribution in [0, 0.1) is 11.8 Å². The molecular weight excluding hydrogens is 334 g/mol. The fraction of sp³-hybridized carbons (Fsp3) is 0.421. The lowest BCUT2D eigenvalue weighted by Crippen LogP contribution is -2.39. The molecule has 5 rings (SSSR count). The normalized spacial score (nSPS) is 26.8. The predicted molar refractivity (Wildman–Crippen MR) is 98.0 cm³/mol. The zero-order valence-corrected chi connectivity index (χ0v) is 14.6. The number of hydrogen-bond acceptors (Lipinski definition) is 4. The molecule has 3 aliphatic rings. The Morgan fingerprint density at radius 3 is 3.04 bits per heavy atom. The molecule has 1 saturated carbocycles. The Labute approximate surface area is 148 Å². The SMILES string of the molecule is O=C(N[C@H]1CCC2C=CC=CC21)c1nc2sc3c(c2c(=O)[nH]1)CCC3. The van der Waals surface area contributed by atoms with E-state index in [-0.39, 0.29) is 23.3 Å². The Kier molecular flexibility index (Phi) is 3.41. The smallest absolute Gasteiger partial charge is 0.287 e. The minimum absolute atomic E-state index is 0.105. The summed E-state index contributed by atoms with van der Waals surface area (Å²) in [4.78, 5) is 34.3. The first-order chi connectivity index (χ1) is 12.2. The zero-order valence-electron chi connectivity index (χ0n) is 13.7. The highest BCUT2D eigenvalue weighted by Gasteiger charge is 2.35. The molecule has 0 aromatic carbocycles. The molecule has 1 fully saturated rings. The third kappa shape index (κ3) is 2.39. The van der Waals surface area contributed by atoms with Crippen molar-refractivity contribution >= 4 is 27.5 Å². The largest absolute Gasteiger partial charge is 0.346 e. The molecule has 0 bridgehead atoms. The first kappa shape index (κ1) is 15.1. The molecule has 25 heavy (non-hydrogen) atoms. The number of aromatic amines is 1. The number of hydrogen-bond donors (Lipinski definition) is 2. The van der Waals surface area contributed by atoms with Gasteiger partial charge in [0, 0.05) is 16.8 Å². The van der Waals surface area contributed by atoms with Crippen LogP contribution in [-0.4, -0.2) is 21.9 Å². The Balaban J connectivity index is 1.43. The Morgan fingerprint density at radius 2 is 2.12 bits per heavy atom. The third-order valence-corrected chi connectivity index (χ3v) is 6.87. The lowest BCUT2D eigenvalue weighted by molar-refractivity contribution is 0.0920. The molecule has 1 amide bonds. The van der Waals surface area contributed by atoms with E-state index in [0.29, 0.717) is 22.1 Å². The van der Waals surface area contributed by atoms with Crippen LogP contribution in [0.25, 0.3) is 10.2 Å². The lowest BCUT2D eigenvalue weighted by Gasteiger charge is -2.22. The Hall–Kier alpha value is -2.21. The van der Waals surface area contributed by atoms with Crippen molar-refractivity contribution in [3.05, 3.63) is 50.9 Å². The Bertz CT molecular complexity index is 984. The minimum atomic E-state index is -0.277. The van der Waals surface area contributed by atoms with E-state index in [9.17, 15) is 9.59 Å². The third-order valence-electron chi connectivity index (χ3n) is 5.68. The molecule has 0 saturated heterocycles. The molecule has 2 aromatic heterocycles. The first-order valence-electron chi connectivity index (χ1n) is 8.91. The summed E-state index contributed by atoms with van der Waals surface area (Å²) in [5.41, 5.74) is 0.956. The highest BCUT2D eigenvalue weighted by molar-refractivity contribution is 7.18. The van der Waals surface area contributed by atoms with Crippen LogP contribution >= 0.6 is 11.3 Å². The maximum absolute atomic E-state index is 12.7. The van der Waals surface area contributed by atoms with E-state index in [1.807, 2.05) is 6.08 Å². The van der Waals surface area contributed by atoms with Crippen LogP contribution in [0.15, 0.2) is 29.1 Å². The van der Waals surface area contributed by atoms with Crippen molar-refractivity contribution in [2.45, 2.75) is 38.1 Å². The molecule has 128 valence electrons. The number of nitrogens with one attached hydrogen (secondary N) is 2. The van der Waals surface area contributed by atoms with Gasteiger partial charge in [-0.25, -0.2) is 4.98 Å². The summed E-state index contributed by atoms with van der Waals surface area (Å²) < 4.78 is 0. The summed E-state index contributed by atoms with van der Waals surface area (Å²) in [6, 6.07) is 0.105. The number of nitrogens with zero attached hydrogens (tertiary/aromatic N) is 1. The summed E-state index contributed by atoms with van der Waals surface area (Å²) in [6.45, 7) is 0. The molecule has 5 nitrogen and oxygen atoms in total. The number of aryl methyl sites for hydroxylation is 2. The fourth-order valence-electron chi connectivity index (χ4n) is 4.47. The first-order valence-corrected chi connectivity index (χ1v) is 9.73. The molecule has 2 aromatic rings. The standard InChI is InChI=1S/C19H19N3O2S/c23-17-15-12-6-3-7-14(12)25-19(15)22-16(21-17)18(24)20-13-9-8-10-4-1-2-5-11(10)13/h1-2,4-5,10-11,13H,3,6-9H2,(H,20,24)(H,21,22,23)/t10?,11?,13-/m0/s1. The molecule has 2 heterocycles. The molecule has 3 aliphatic carbocycles. The molecular formula is C19H19N3O2S. The van der Waals surface area contributed by atoms with Crippen molar-refractivity contribution in [2.24, 2.45) is 11.8 Å². The summed E-state index contributed by atoms with van der Waals surface area (Å²) in [7, 11) is 0. The van der Waals surface area contributed by atoms with Crippen LogP contribution in [0.3, 0.4) is 0 Å². The molecule has 6 heteroatoms. The summed E-state index contributed by atoms with van der Waals surface area (Å²) in [5, 5.41) is 3.77. The van der Waals surface area contributed by atoms with Gasteiger partial charge in [-0.2, -0.15) is 0 Å². The second kappa shape index (κ2) is 5.66. The average Bonchev–Trinajstić information content (AvgIpc) is 3.29. The van der Waals surface area contributed by atoms with E-state index >= 15 is 0 Å². The van der Waals surface area contributed by atoms with E-state index in [2.05, 4.69) is 33.5 Å². The second-order valence-corrected chi connectivity index (χ2v) is 8.20. The van der Waals surface area contributed by atoms with Gasteiger partial charge in [0.15, 0.2) is 0 Å². The van der Waals surface area contributed by atoms with Crippen molar-refractivity contribution in [3.8, 4) is 0 Å². The monoisotopic (exact) mass is 353 g/mol. The van der Waals surface area contributed by atoms with Gasteiger partial charge in [0.1, 0.15) is 4.83 Å². The van der Waals surface area contributed by atoms with E-state index in [0.717, 1.165) is 37.7 Å². The van der Waals surface area contributed by atoms with Gasteiger partial charge < -0.3 is 10.3 Å². The van der Waals surface area contributed by atoms with E-state index in [1.165, 1.54) is 4.88 Å². The van der Waals surface area contributed by atoms with Gasteiger partial charge in [0.2, 0.25) is 5.82 Å². The quantitative estimate of drug-likeness (QED) is 0.872. The molecule has 0 radical (unpaired) electrons. The van der Waals surface area contributed by atoms with Crippen molar-refractivity contribution < 1.29 is 4.79 Å². The summed E-state index contributed by atoms with van der Waals surface area (Å²) in [5.74, 6) is 0.706. The number of allylic oxidation sites excluding steroid dienone is 3. The maximum Gasteiger partial charge on any atom is 0.287 e. The van der Waals surface area contributed by atoms with Crippen LogP contribution in [-0.2, 0) is 12.8 Å². The summed E-state index contributed by atoms with van der Waals surface area (Å²) >= 11 is 1.56. The molecule has 3 atom stereocenters. The minimum Gasteiger partial charge on any atom is -0.346 e. The van der Waals surface area contributed by atoms with Crippen molar-refractivity contribution in [1.82, 2.24) is 15.3 Å². The van der Waals surface area contributed by atoms with Crippen LogP contribution in [0.1, 0.15) is 40.3 Å². The van der Waals surface area contributed by atoms with E-state index < -0.39 is 0 Å². The predicted octanol–water partition coefficient (Wildman–Crippen LogP) is 2.72. The van der Waals surface area contributed by atoms with Crippen molar-refractivity contribution in [1.29, 1.82) is 0 Å². The van der Waals surface area contributed by atoms with Crippen molar-refractivity contribution in [3.63, 3.8) is 0 Å². The highest BCUT2D eigenvalue weighted by Crippen LogP contribution is 2.36. The summed E-state index contributed by atoms with van der Waals surface area (Å²) in [6.07, 6.45) is 13.6. The maximum atomic E-state index is 12.7. The number of carbonyl (C=O) groups is 1. The van der Waals surface area contributed by atoms with E-state index in [1.54, 1.807) is 11.3 Å². The number of carbonyl (C=O) groups excluding carboxylic acids is 1. The lowest BCUT2D eigenvalue weighted by atomic mass is 9.90. The van der Waals surface area contributed by atoms with Gasteiger partial charge in [0.05, 0.1) is 5.39 Å². The fourth-order valence-corrected chi connectivity index (χ4v) is 5.73. The Morgan fingerprint density at radius 1 is 1.24 bits per heavy atom. The second-order valence-electron chi connectivity index (χ2n) is 7.12. The van der Waals surface area contributed by atoms with Crippen LogP contribution < -0.4 is 10.9 Å². The number of thiophene rings is 1. The van der Waals surface area contributed by atoms with Gasteiger partial charge in [-0.1, -0.05) is 24.3 Å². The van der Waals surface area contributed by atoms with Gasteiger partial charge >= 0.3 is 0 Å². The molecule has 0 aliphatic heterocycles. The van der Waals surface area contributed by atoms with E-state index in [4.69, 9.17) is 0 Å². The van der Waals surface area contributed by atoms with Gasteiger partial charge in [0.25, 0.3) is 11.5 Å². The van der Waals surface area contributed by atoms with Crippen LogP contribution in [0.4, 0.5) is 0 Å². The van der Waals surface area contributed by atoms with Crippen LogP contribution in [0.5, 0.6) is 0 Å². The number of fused-ring (bicyclic) bond motifs is 4. The van der Waals surface area contributed by atoms with Gasteiger partial charge in [-0.15, -0.1) is 11.3 Å². The van der Waals surface area contributed by atoms with Crippen molar-refractivity contribution in [2.75, 3.05) is 0 Å². The van der Waals surface area contributed by atoms with Crippen LogP contribution in [0.2, 0.25) is 0 Å². The van der Waals surface area contributed by atoms with Gasteiger partial charge in [-0.05, 0) is 43.6 Å². The molecule has 0 spiro atoms. The van der Waals surface area contributed by atoms with Gasteiger partial charge in [-0.3, -0.25) is 9.59 Å². The molecule has 2 N–H and O–H groups in total. The number of rotatable bonds is 2. The highest BCUT2D eigenvalue weighted by atomic mass is 32.1. The molecule has 2 unspecified atom stereocenters. The number of aromatic nitrogens is 2. The zero-order chi connectivity index (χ0) is 17.0. The number of amides is 1. The number of H-pyrrole nitrogens is 1. The topological polar surface area (TPSA) is 74.8 Å². The average molecular weight is 353 g/mol.